The van der Waals surface area contributed by atoms with Crippen LogP contribution in [0, 0.1) is 0 Å². The SMILES string of the molecule is CC(=O)N[C@H]1[C@@H](O[C@@H]2[C@H](O[C@]3(C(=O)O)C[C@H](O)[C@@H](NC(C)=O)[C@H]([C@H](O)[C@H](O)CO)O3)[C@@H](O)[C@H](O)O[C@@H]2CO)O[C@H](CO)[C@H](O)[C@@H]1O[C@@H]1O[C@H](CO)[C@H](O)[C@H](O)[C@H]1O. The highest BCUT2D eigenvalue weighted by Crippen LogP contribution is 2.39. The van der Waals surface area contributed by atoms with Crippen molar-refractivity contribution in [3.05, 3.63) is 0 Å². The molecule has 0 unspecified atom stereocenters. The molecule has 2 amide bonds. The van der Waals surface area contributed by atoms with Gasteiger partial charge in [0.2, 0.25) is 11.8 Å². The van der Waals surface area contributed by atoms with Crippen LogP contribution in [0.1, 0.15) is 20.3 Å². The van der Waals surface area contributed by atoms with Crippen LogP contribution in [0.2, 0.25) is 0 Å². The maximum absolute atomic E-state index is 13.0. The van der Waals surface area contributed by atoms with Gasteiger partial charge in [0.15, 0.2) is 18.9 Å². The summed E-state index contributed by atoms with van der Waals surface area (Å²) in [6.07, 6.45) is -36.7. The van der Waals surface area contributed by atoms with E-state index in [0.717, 1.165) is 13.8 Å². The minimum absolute atomic E-state index is 0.800. The molecule has 4 aliphatic heterocycles. The number of rotatable bonds is 15. The van der Waals surface area contributed by atoms with Crippen LogP contribution in [0.25, 0.3) is 0 Å². The van der Waals surface area contributed by atoms with Crippen molar-refractivity contribution in [2.75, 3.05) is 26.4 Å². The Labute approximate surface area is 322 Å². The van der Waals surface area contributed by atoms with Crippen LogP contribution < -0.4 is 10.6 Å². The normalized spacial score (nSPS) is 45.1. The zero-order chi connectivity index (χ0) is 42.7. The molecule has 21 atom stereocenters. The highest BCUT2D eigenvalue weighted by Gasteiger charge is 2.61. The Kier molecular flexibility index (Phi) is 16.4. The number of carbonyl (C=O) groups is 3. The lowest BCUT2D eigenvalue weighted by atomic mass is 9.88. The maximum atomic E-state index is 13.0. The van der Waals surface area contributed by atoms with E-state index in [0.29, 0.717) is 0 Å². The molecule has 0 spiro atoms. The van der Waals surface area contributed by atoms with Gasteiger partial charge in [0.05, 0.1) is 38.6 Å². The van der Waals surface area contributed by atoms with E-state index in [1.165, 1.54) is 0 Å². The molecular formula is C31H52N2O24. The Morgan fingerprint density at radius 1 is 0.684 bits per heavy atom. The number of hydrogen-bond acceptors (Lipinski definition) is 23. The molecule has 0 aromatic carbocycles. The van der Waals surface area contributed by atoms with Crippen molar-refractivity contribution in [1.29, 1.82) is 0 Å². The van der Waals surface area contributed by atoms with Gasteiger partial charge in [0, 0.05) is 20.3 Å². The Balaban J connectivity index is 1.75. The number of aliphatic hydroxyl groups is 13. The van der Waals surface area contributed by atoms with Gasteiger partial charge >= 0.3 is 5.97 Å². The standard InChI is InChI=1S/C31H52N2O24/c1-8(38)32-15-10(40)3-31(30(49)50,56-25(15)17(42)11(41)4-34)57-26-22(47)27(48)51-14(7-37)23(26)54-28-16(33-9(2)39)24(19(44)13(6-36)52-28)55-29-21(46)20(45)18(43)12(5-35)53-29/h10-29,34-37,40-48H,3-7H2,1-2H3,(H,32,38)(H,33,39)(H,49,50)/t10-,11+,12+,13+,14+,15+,16+,17+,18-,19-,20-,21+,22+,23-,24+,25+,26+,27+,28+,29-,31-/m0/s1. The number of ether oxygens (including phenoxy) is 7. The zero-order valence-corrected chi connectivity index (χ0v) is 30.4. The molecule has 16 N–H and O–H groups in total. The Bertz CT molecular complexity index is 1350. The predicted octanol–water partition coefficient (Wildman–Crippen LogP) is -10.3. The fourth-order valence-electron chi connectivity index (χ4n) is 7.05. The molecule has 0 bridgehead atoms. The molecule has 4 aliphatic rings. The van der Waals surface area contributed by atoms with E-state index < -0.39 is 179 Å². The highest BCUT2D eigenvalue weighted by molar-refractivity contribution is 5.76. The minimum atomic E-state index is -3.16. The van der Waals surface area contributed by atoms with Gasteiger partial charge in [0.25, 0.3) is 5.79 Å². The summed E-state index contributed by atoms with van der Waals surface area (Å²) in [4.78, 5) is 37.4. The van der Waals surface area contributed by atoms with Crippen LogP contribution in [0.4, 0.5) is 0 Å². The van der Waals surface area contributed by atoms with Crippen molar-refractivity contribution in [3.63, 3.8) is 0 Å². The van der Waals surface area contributed by atoms with Crippen LogP contribution in [-0.4, -0.2) is 244 Å². The van der Waals surface area contributed by atoms with Gasteiger partial charge < -0.3 is 115 Å². The summed E-state index contributed by atoms with van der Waals surface area (Å²) in [6.45, 7) is -2.07. The molecule has 330 valence electrons. The third-order valence-corrected chi connectivity index (χ3v) is 9.98. The molecule has 26 heteroatoms. The minimum Gasteiger partial charge on any atom is -0.477 e. The number of carboxylic acid groups (broad SMARTS) is 1. The molecule has 4 heterocycles. The van der Waals surface area contributed by atoms with E-state index >= 15 is 0 Å². The van der Waals surface area contributed by atoms with Crippen molar-refractivity contribution in [2.24, 2.45) is 0 Å². The van der Waals surface area contributed by atoms with Gasteiger partial charge in [-0.25, -0.2) is 4.79 Å². The third-order valence-electron chi connectivity index (χ3n) is 9.98. The first kappa shape index (κ1) is 47.3. The third kappa shape index (κ3) is 10.2. The first-order valence-electron chi connectivity index (χ1n) is 17.7. The first-order chi connectivity index (χ1) is 26.7. The Hall–Kier alpha value is -2.39. The van der Waals surface area contributed by atoms with Crippen molar-refractivity contribution in [3.8, 4) is 0 Å². The Morgan fingerprint density at radius 2 is 1.23 bits per heavy atom. The lowest BCUT2D eigenvalue weighted by Crippen LogP contribution is -2.72. The molecule has 4 rings (SSSR count). The predicted molar refractivity (Wildman–Crippen MR) is 174 cm³/mol. The summed E-state index contributed by atoms with van der Waals surface area (Å²) in [5, 5.41) is 151. The smallest absolute Gasteiger partial charge is 0.364 e. The lowest BCUT2D eigenvalue weighted by Gasteiger charge is -2.51. The van der Waals surface area contributed by atoms with Crippen LogP contribution in [0.5, 0.6) is 0 Å². The summed E-state index contributed by atoms with van der Waals surface area (Å²) in [5.74, 6) is -6.87. The van der Waals surface area contributed by atoms with E-state index in [1.54, 1.807) is 0 Å². The molecule has 57 heavy (non-hydrogen) atoms. The summed E-state index contributed by atoms with van der Waals surface area (Å²) in [6, 6.07) is -3.38. The van der Waals surface area contributed by atoms with E-state index in [9.17, 15) is 85.9 Å². The first-order valence-corrected chi connectivity index (χ1v) is 17.7. The second-order valence-electron chi connectivity index (χ2n) is 14.0. The van der Waals surface area contributed by atoms with E-state index in [2.05, 4.69) is 10.6 Å². The molecule has 4 saturated heterocycles. The molecule has 0 radical (unpaired) electrons. The van der Waals surface area contributed by atoms with Crippen molar-refractivity contribution in [2.45, 2.75) is 149 Å². The molecule has 0 saturated carbocycles. The summed E-state index contributed by atoms with van der Waals surface area (Å²) in [5.41, 5.74) is 0. The average molecular weight is 837 g/mol. The molecular weight excluding hydrogens is 784 g/mol. The van der Waals surface area contributed by atoms with Crippen molar-refractivity contribution < 1.29 is 119 Å². The number of nitrogens with one attached hydrogen (secondary N) is 2. The molecule has 0 aromatic heterocycles. The van der Waals surface area contributed by atoms with Crippen molar-refractivity contribution in [1.82, 2.24) is 10.6 Å². The highest BCUT2D eigenvalue weighted by atomic mass is 16.8. The van der Waals surface area contributed by atoms with Gasteiger partial charge in [-0.3, -0.25) is 9.59 Å². The largest absolute Gasteiger partial charge is 0.477 e. The van der Waals surface area contributed by atoms with Crippen LogP contribution in [0.15, 0.2) is 0 Å². The lowest BCUT2D eigenvalue weighted by molar-refractivity contribution is -0.389. The van der Waals surface area contributed by atoms with Gasteiger partial charge in [-0.2, -0.15) is 0 Å². The van der Waals surface area contributed by atoms with Crippen LogP contribution in [-0.2, 0) is 47.5 Å². The van der Waals surface area contributed by atoms with E-state index in [-0.39, 0.29) is 0 Å². The van der Waals surface area contributed by atoms with Crippen molar-refractivity contribution >= 4 is 17.8 Å². The topological polar surface area (TPSA) is 423 Å². The summed E-state index contributed by atoms with van der Waals surface area (Å²) < 4.78 is 39.6. The zero-order valence-electron chi connectivity index (χ0n) is 30.4. The quantitative estimate of drug-likeness (QED) is 0.0728. The van der Waals surface area contributed by atoms with E-state index in [1.807, 2.05) is 0 Å². The summed E-state index contributed by atoms with van der Waals surface area (Å²) >= 11 is 0. The average Bonchev–Trinajstić information content (AvgIpc) is 3.16. The number of aliphatic carboxylic acids is 1. The molecule has 26 nitrogen and oxygen atoms in total. The monoisotopic (exact) mass is 836 g/mol. The fourth-order valence-corrected chi connectivity index (χ4v) is 7.05. The second kappa shape index (κ2) is 19.8. The summed E-state index contributed by atoms with van der Waals surface area (Å²) in [7, 11) is 0. The van der Waals surface area contributed by atoms with Crippen LogP contribution >= 0.6 is 0 Å². The molecule has 0 aromatic rings. The van der Waals surface area contributed by atoms with Gasteiger partial charge in [-0.1, -0.05) is 0 Å². The molecule has 0 aliphatic carbocycles. The van der Waals surface area contributed by atoms with Gasteiger partial charge in [0.1, 0.15) is 91.5 Å². The number of amides is 2. The van der Waals surface area contributed by atoms with Crippen LogP contribution in [0.3, 0.4) is 0 Å². The number of hydrogen-bond donors (Lipinski definition) is 16. The number of carboxylic acids is 1. The van der Waals surface area contributed by atoms with Gasteiger partial charge in [-0.05, 0) is 0 Å². The fraction of sp³-hybridized carbons (Fsp3) is 0.903. The second-order valence-corrected chi connectivity index (χ2v) is 14.0. The maximum Gasteiger partial charge on any atom is 0.364 e. The Morgan fingerprint density at radius 3 is 1.77 bits per heavy atom. The van der Waals surface area contributed by atoms with E-state index in [4.69, 9.17) is 33.2 Å². The molecule has 4 fully saturated rings. The van der Waals surface area contributed by atoms with Gasteiger partial charge in [-0.15, -0.1) is 0 Å². The number of carbonyl (C=O) groups excluding carboxylic acids is 2. The number of aliphatic hydroxyl groups excluding tert-OH is 13.